The van der Waals surface area contributed by atoms with E-state index in [2.05, 4.69) is 53.6 Å². The quantitative estimate of drug-likeness (QED) is 0.842. The van der Waals surface area contributed by atoms with Crippen molar-refractivity contribution >= 4 is 0 Å². The molecule has 2 atom stereocenters. The largest absolute Gasteiger partial charge is 0.303 e. The molecular weight excluding hydrogens is 244 g/mol. The van der Waals surface area contributed by atoms with Gasteiger partial charge in [0, 0.05) is 24.5 Å². The van der Waals surface area contributed by atoms with E-state index >= 15 is 0 Å². The molecule has 0 saturated heterocycles. The van der Waals surface area contributed by atoms with Crippen LogP contribution in [0.3, 0.4) is 0 Å². The van der Waals surface area contributed by atoms with Gasteiger partial charge in [0.25, 0.3) is 0 Å². The standard InChI is InChI=1S/C18H22N2/c1-14(15-10-12-19-13-11-15)20-18-9-5-3-7-16-6-2-4-8-17(16)18/h2,4,6,8,10-14,18,20H,3,5,7,9H2,1H3/t14-,18?/m1/s1. The van der Waals surface area contributed by atoms with Crippen molar-refractivity contribution in [3.63, 3.8) is 0 Å². The van der Waals surface area contributed by atoms with E-state index in [-0.39, 0.29) is 0 Å². The molecule has 1 N–H and O–H groups in total. The number of aryl methyl sites for hydroxylation is 1. The first-order valence-electron chi connectivity index (χ1n) is 7.58. The Bertz CT molecular complexity index is 550. The van der Waals surface area contributed by atoms with Crippen LogP contribution in [-0.4, -0.2) is 4.98 Å². The summed E-state index contributed by atoms with van der Waals surface area (Å²) in [4.78, 5) is 4.10. The molecule has 1 aromatic heterocycles. The molecule has 2 heteroatoms. The van der Waals surface area contributed by atoms with E-state index < -0.39 is 0 Å². The van der Waals surface area contributed by atoms with Crippen molar-refractivity contribution in [2.24, 2.45) is 0 Å². The highest BCUT2D eigenvalue weighted by atomic mass is 14.9. The molecule has 0 bridgehead atoms. The molecule has 2 nitrogen and oxygen atoms in total. The summed E-state index contributed by atoms with van der Waals surface area (Å²) in [6, 6.07) is 13.9. The molecule has 1 heterocycles. The number of hydrogen-bond donors (Lipinski definition) is 1. The molecule has 20 heavy (non-hydrogen) atoms. The molecule has 1 aliphatic carbocycles. The number of benzene rings is 1. The molecule has 1 aromatic carbocycles. The number of nitrogens with one attached hydrogen (secondary N) is 1. The Morgan fingerprint density at radius 3 is 2.75 bits per heavy atom. The van der Waals surface area contributed by atoms with E-state index in [1.165, 1.54) is 42.4 Å². The predicted octanol–water partition coefficient (Wildman–Crippen LogP) is 4.20. The zero-order valence-electron chi connectivity index (χ0n) is 12.0. The molecule has 0 fully saturated rings. The lowest BCUT2D eigenvalue weighted by Gasteiger charge is -2.24. The van der Waals surface area contributed by atoms with Crippen LogP contribution in [0, 0.1) is 0 Å². The molecule has 0 saturated carbocycles. The van der Waals surface area contributed by atoms with Gasteiger partial charge in [0.1, 0.15) is 0 Å². The Kier molecular flexibility index (Phi) is 4.12. The van der Waals surface area contributed by atoms with Gasteiger partial charge >= 0.3 is 0 Å². The van der Waals surface area contributed by atoms with Gasteiger partial charge in [-0.3, -0.25) is 4.98 Å². The van der Waals surface area contributed by atoms with Crippen LogP contribution in [-0.2, 0) is 6.42 Å². The summed E-state index contributed by atoms with van der Waals surface area (Å²) in [5.41, 5.74) is 4.32. The van der Waals surface area contributed by atoms with E-state index in [0.717, 1.165) is 0 Å². The van der Waals surface area contributed by atoms with Crippen LogP contribution in [0.15, 0.2) is 48.8 Å². The summed E-state index contributed by atoms with van der Waals surface area (Å²) in [7, 11) is 0. The van der Waals surface area contributed by atoms with Crippen LogP contribution in [0.4, 0.5) is 0 Å². The lowest BCUT2D eigenvalue weighted by atomic mass is 9.97. The zero-order chi connectivity index (χ0) is 13.8. The molecule has 0 aliphatic heterocycles. The summed E-state index contributed by atoms with van der Waals surface area (Å²) < 4.78 is 0. The molecular formula is C18H22N2. The Morgan fingerprint density at radius 1 is 1.10 bits per heavy atom. The number of hydrogen-bond acceptors (Lipinski definition) is 2. The van der Waals surface area contributed by atoms with Crippen molar-refractivity contribution in [3.8, 4) is 0 Å². The van der Waals surface area contributed by atoms with Gasteiger partial charge in [0.15, 0.2) is 0 Å². The van der Waals surface area contributed by atoms with E-state index in [0.29, 0.717) is 12.1 Å². The number of pyridine rings is 1. The van der Waals surface area contributed by atoms with E-state index in [4.69, 9.17) is 0 Å². The second-order valence-electron chi connectivity index (χ2n) is 5.67. The molecule has 0 amide bonds. The topological polar surface area (TPSA) is 24.9 Å². The Balaban J connectivity index is 1.80. The van der Waals surface area contributed by atoms with E-state index in [1.54, 1.807) is 0 Å². The van der Waals surface area contributed by atoms with Crippen molar-refractivity contribution in [2.75, 3.05) is 0 Å². The number of fused-ring (bicyclic) bond motifs is 1. The normalized spacial score (nSPS) is 19.9. The minimum absolute atomic E-state index is 0.356. The maximum atomic E-state index is 4.10. The van der Waals surface area contributed by atoms with E-state index in [9.17, 15) is 0 Å². The fourth-order valence-electron chi connectivity index (χ4n) is 3.14. The van der Waals surface area contributed by atoms with Gasteiger partial charge in [-0.1, -0.05) is 30.7 Å². The monoisotopic (exact) mass is 266 g/mol. The van der Waals surface area contributed by atoms with Gasteiger partial charge in [0.05, 0.1) is 0 Å². The van der Waals surface area contributed by atoms with Crippen LogP contribution >= 0.6 is 0 Å². The van der Waals surface area contributed by atoms with Gasteiger partial charge < -0.3 is 5.32 Å². The minimum Gasteiger partial charge on any atom is -0.303 e. The smallest absolute Gasteiger partial charge is 0.0328 e. The average Bonchev–Trinajstić information content (AvgIpc) is 2.71. The lowest BCUT2D eigenvalue weighted by Crippen LogP contribution is -2.25. The van der Waals surface area contributed by atoms with Crippen LogP contribution in [0.1, 0.15) is 55.0 Å². The van der Waals surface area contributed by atoms with Gasteiger partial charge in [0.2, 0.25) is 0 Å². The van der Waals surface area contributed by atoms with Gasteiger partial charge in [-0.2, -0.15) is 0 Å². The summed E-state index contributed by atoms with van der Waals surface area (Å²) in [6.07, 6.45) is 8.79. The number of nitrogens with zero attached hydrogens (tertiary/aromatic N) is 1. The van der Waals surface area contributed by atoms with Gasteiger partial charge in [-0.15, -0.1) is 0 Å². The fraction of sp³-hybridized carbons (Fsp3) is 0.389. The molecule has 0 radical (unpaired) electrons. The second kappa shape index (κ2) is 6.19. The van der Waals surface area contributed by atoms with Crippen molar-refractivity contribution in [1.29, 1.82) is 0 Å². The lowest BCUT2D eigenvalue weighted by molar-refractivity contribution is 0.437. The molecule has 0 spiro atoms. The minimum atomic E-state index is 0.356. The van der Waals surface area contributed by atoms with Crippen LogP contribution in [0.25, 0.3) is 0 Å². The third-order valence-electron chi connectivity index (χ3n) is 4.28. The highest BCUT2D eigenvalue weighted by Gasteiger charge is 2.20. The third kappa shape index (κ3) is 2.91. The van der Waals surface area contributed by atoms with Crippen LogP contribution in [0.2, 0.25) is 0 Å². The predicted molar refractivity (Wildman–Crippen MR) is 82.5 cm³/mol. The SMILES string of the molecule is C[C@@H](NC1CCCCc2ccccc21)c1ccncc1. The molecule has 3 rings (SSSR count). The van der Waals surface area contributed by atoms with Crippen molar-refractivity contribution < 1.29 is 0 Å². The van der Waals surface area contributed by atoms with Gasteiger partial charge in [-0.25, -0.2) is 0 Å². The van der Waals surface area contributed by atoms with Crippen LogP contribution < -0.4 is 5.32 Å². The Morgan fingerprint density at radius 2 is 1.90 bits per heavy atom. The zero-order valence-corrected chi connectivity index (χ0v) is 12.0. The first-order valence-corrected chi connectivity index (χ1v) is 7.58. The maximum absolute atomic E-state index is 4.10. The summed E-state index contributed by atoms with van der Waals surface area (Å²) in [5, 5.41) is 3.80. The molecule has 1 aliphatic rings. The summed E-state index contributed by atoms with van der Waals surface area (Å²) in [6.45, 7) is 2.24. The number of rotatable bonds is 3. The first kappa shape index (κ1) is 13.3. The number of aromatic nitrogens is 1. The molecule has 104 valence electrons. The maximum Gasteiger partial charge on any atom is 0.0328 e. The van der Waals surface area contributed by atoms with Crippen LogP contribution in [0.5, 0.6) is 0 Å². The second-order valence-corrected chi connectivity index (χ2v) is 5.67. The van der Waals surface area contributed by atoms with Crippen molar-refractivity contribution in [3.05, 3.63) is 65.5 Å². The third-order valence-corrected chi connectivity index (χ3v) is 4.28. The Labute approximate surface area is 121 Å². The first-order chi connectivity index (χ1) is 9.84. The summed E-state index contributed by atoms with van der Waals surface area (Å²) >= 11 is 0. The van der Waals surface area contributed by atoms with Crippen molar-refractivity contribution in [2.45, 2.75) is 44.7 Å². The molecule has 1 unspecified atom stereocenters. The highest BCUT2D eigenvalue weighted by molar-refractivity contribution is 5.31. The average molecular weight is 266 g/mol. The van der Waals surface area contributed by atoms with E-state index in [1.807, 2.05) is 12.4 Å². The van der Waals surface area contributed by atoms with Crippen molar-refractivity contribution in [1.82, 2.24) is 10.3 Å². The highest BCUT2D eigenvalue weighted by Crippen LogP contribution is 2.30. The van der Waals surface area contributed by atoms with Gasteiger partial charge in [-0.05, 0) is 55.0 Å². The Hall–Kier alpha value is -1.67. The fourth-order valence-corrected chi connectivity index (χ4v) is 3.14. The summed E-state index contributed by atoms with van der Waals surface area (Å²) in [5.74, 6) is 0. The molecule has 2 aromatic rings.